The second-order valence-corrected chi connectivity index (χ2v) is 3.13. The summed E-state index contributed by atoms with van der Waals surface area (Å²) in [4.78, 5) is 27.8. The smallest absolute Gasteiger partial charge is 0.327 e. The van der Waals surface area contributed by atoms with Gasteiger partial charge >= 0.3 is 17.9 Å². The van der Waals surface area contributed by atoms with Gasteiger partial charge in [0.1, 0.15) is 0 Å². The highest BCUT2D eigenvalue weighted by molar-refractivity contribution is 5.79. The minimum Gasteiger partial charge on any atom is -0.478 e. The Balaban J connectivity index is -0.0000000995. The van der Waals surface area contributed by atoms with Gasteiger partial charge in [-0.25, -0.2) is 14.4 Å². The molecule has 0 aliphatic rings. The van der Waals surface area contributed by atoms with Gasteiger partial charge in [0, 0.05) is 31.4 Å². The zero-order valence-corrected chi connectivity index (χ0v) is 12.3. The summed E-state index contributed by atoms with van der Waals surface area (Å²) in [6.45, 7) is 9.38. The first-order valence-electron chi connectivity index (χ1n) is 6.01. The fourth-order valence-corrected chi connectivity index (χ4v) is 0.400. The van der Waals surface area contributed by atoms with Crippen LogP contribution in [0.3, 0.4) is 0 Å². The Morgan fingerprint density at radius 3 is 0.909 bits per heavy atom. The number of aliphatic hydroxyl groups excluding tert-OH is 2. The summed E-state index contributed by atoms with van der Waals surface area (Å²) in [5.41, 5.74) is 0. The molecule has 8 nitrogen and oxygen atoms in total. The largest absolute Gasteiger partial charge is 0.478 e. The molecule has 128 valence electrons. The van der Waals surface area contributed by atoms with Crippen LogP contribution in [0.1, 0.15) is 19.3 Å². The van der Waals surface area contributed by atoms with Gasteiger partial charge in [0.2, 0.25) is 0 Å². The van der Waals surface area contributed by atoms with Gasteiger partial charge in [-0.2, -0.15) is 0 Å². The molecule has 0 aromatic carbocycles. The van der Waals surface area contributed by atoms with E-state index in [1.165, 1.54) is 0 Å². The Hall–Kier alpha value is -2.45. The zero-order chi connectivity index (χ0) is 18.4. The molecule has 0 aromatic rings. The normalized spacial score (nSPS) is 7.36. The summed E-state index contributed by atoms with van der Waals surface area (Å²) in [6, 6.07) is 0. The molecule has 8 heteroatoms. The van der Waals surface area contributed by atoms with Crippen LogP contribution < -0.4 is 0 Å². The average molecular weight is 320 g/mol. The average Bonchev–Trinajstić information content (AvgIpc) is 2.49. The Labute approximate surface area is 129 Å². The minimum absolute atomic E-state index is 0.250. The lowest BCUT2D eigenvalue weighted by Gasteiger charge is -1.90. The molecule has 0 spiro atoms. The first kappa shape index (κ1) is 27.8. The van der Waals surface area contributed by atoms with E-state index < -0.39 is 17.9 Å². The first-order valence-corrected chi connectivity index (χ1v) is 6.01. The van der Waals surface area contributed by atoms with Gasteiger partial charge in [0.05, 0.1) is 0 Å². The molecule has 0 bridgehead atoms. The quantitative estimate of drug-likeness (QED) is 0.343. The number of carboxylic acids is 3. The van der Waals surface area contributed by atoms with Crippen molar-refractivity contribution >= 4 is 17.9 Å². The van der Waals surface area contributed by atoms with Crippen molar-refractivity contribution in [2.75, 3.05) is 13.2 Å². The topological polar surface area (TPSA) is 152 Å². The SMILES string of the molecule is C=CC(=O)O.C=CC(=O)O.C=CC(=O)O.OCCCCCO. The number of rotatable bonds is 7. The van der Waals surface area contributed by atoms with E-state index in [1.807, 2.05) is 0 Å². The fourth-order valence-electron chi connectivity index (χ4n) is 0.400. The predicted octanol–water partition coefficient (Wildman–Crippen LogP) is 0.912. The highest BCUT2D eigenvalue weighted by atomic mass is 16.4. The van der Waals surface area contributed by atoms with Gasteiger partial charge < -0.3 is 25.5 Å². The zero-order valence-electron chi connectivity index (χ0n) is 12.3. The van der Waals surface area contributed by atoms with E-state index >= 15 is 0 Å². The monoisotopic (exact) mass is 320 g/mol. The van der Waals surface area contributed by atoms with Crippen molar-refractivity contribution in [3.05, 3.63) is 38.0 Å². The van der Waals surface area contributed by atoms with E-state index in [-0.39, 0.29) is 13.2 Å². The third-order valence-corrected chi connectivity index (χ3v) is 1.34. The van der Waals surface area contributed by atoms with Gasteiger partial charge in [-0.15, -0.1) is 0 Å². The van der Waals surface area contributed by atoms with Crippen molar-refractivity contribution in [3.63, 3.8) is 0 Å². The lowest BCUT2D eigenvalue weighted by molar-refractivity contribution is -0.132. The van der Waals surface area contributed by atoms with Gasteiger partial charge in [0.15, 0.2) is 0 Å². The molecule has 0 saturated heterocycles. The van der Waals surface area contributed by atoms with Crippen molar-refractivity contribution in [1.29, 1.82) is 0 Å². The molecule has 0 unspecified atom stereocenters. The third-order valence-electron chi connectivity index (χ3n) is 1.34. The van der Waals surface area contributed by atoms with Crippen LogP contribution in [0.5, 0.6) is 0 Å². The van der Waals surface area contributed by atoms with Crippen LogP contribution in [-0.2, 0) is 14.4 Å². The van der Waals surface area contributed by atoms with Crippen LogP contribution >= 0.6 is 0 Å². The number of carboxylic acid groups (broad SMARTS) is 3. The molecule has 0 heterocycles. The molecule has 5 N–H and O–H groups in total. The number of hydrogen-bond donors (Lipinski definition) is 5. The van der Waals surface area contributed by atoms with Crippen LogP contribution in [0.25, 0.3) is 0 Å². The number of hydrogen-bond acceptors (Lipinski definition) is 5. The molecular formula is C14H24O8. The molecule has 0 aliphatic carbocycles. The van der Waals surface area contributed by atoms with Crippen LogP contribution in [0.4, 0.5) is 0 Å². The summed E-state index contributed by atoms with van der Waals surface area (Å²) in [5, 5.41) is 39.2. The maximum atomic E-state index is 9.25. The van der Waals surface area contributed by atoms with E-state index in [9.17, 15) is 14.4 Å². The Morgan fingerprint density at radius 1 is 0.636 bits per heavy atom. The van der Waals surface area contributed by atoms with Crippen molar-refractivity contribution in [2.45, 2.75) is 19.3 Å². The molecular weight excluding hydrogens is 296 g/mol. The lowest BCUT2D eigenvalue weighted by atomic mass is 10.2. The van der Waals surface area contributed by atoms with Crippen LogP contribution in [0.2, 0.25) is 0 Å². The molecule has 0 radical (unpaired) electrons. The van der Waals surface area contributed by atoms with E-state index in [0.29, 0.717) is 0 Å². The van der Waals surface area contributed by atoms with Crippen LogP contribution in [-0.4, -0.2) is 56.7 Å². The molecule has 22 heavy (non-hydrogen) atoms. The van der Waals surface area contributed by atoms with Gasteiger partial charge in [-0.3, -0.25) is 0 Å². The van der Waals surface area contributed by atoms with E-state index in [2.05, 4.69) is 19.7 Å². The van der Waals surface area contributed by atoms with Crippen LogP contribution in [0.15, 0.2) is 38.0 Å². The maximum absolute atomic E-state index is 9.25. The third kappa shape index (κ3) is 84.3. The van der Waals surface area contributed by atoms with Crippen LogP contribution in [0, 0.1) is 0 Å². The number of aliphatic carboxylic acids is 3. The molecule has 0 rings (SSSR count). The second-order valence-electron chi connectivity index (χ2n) is 3.13. The number of aliphatic hydroxyl groups is 2. The molecule has 0 aromatic heterocycles. The highest BCUT2D eigenvalue weighted by Gasteiger charge is 1.81. The van der Waals surface area contributed by atoms with Gasteiger partial charge in [-0.05, 0) is 19.3 Å². The van der Waals surface area contributed by atoms with Crippen molar-refractivity contribution in [2.24, 2.45) is 0 Å². The summed E-state index contributed by atoms with van der Waals surface area (Å²) in [6.07, 6.45) is 5.08. The molecule has 0 amide bonds. The molecule has 0 saturated carbocycles. The fraction of sp³-hybridized carbons (Fsp3) is 0.357. The van der Waals surface area contributed by atoms with Gasteiger partial charge in [0.25, 0.3) is 0 Å². The van der Waals surface area contributed by atoms with Crippen molar-refractivity contribution in [3.8, 4) is 0 Å². The summed E-state index contributed by atoms with van der Waals surface area (Å²) < 4.78 is 0. The minimum atomic E-state index is -0.981. The Morgan fingerprint density at radius 2 is 0.818 bits per heavy atom. The number of carbonyl (C=O) groups is 3. The lowest BCUT2D eigenvalue weighted by Crippen LogP contribution is -1.85. The van der Waals surface area contributed by atoms with E-state index in [4.69, 9.17) is 25.5 Å². The molecule has 0 aliphatic heterocycles. The first-order chi connectivity index (χ1) is 10.2. The highest BCUT2D eigenvalue weighted by Crippen LogP contribution is 1.90. The summed E-state index contributed by atoms with van der Waals surface area (Å²) >= 11 is 0. The second kappa shape index (κ2) is 27.0. The standard InChI is InChI=1S/C5H12O2.3C3H4O2/c6-4-2-1-3-5-7;3*1-2-3(4)5/h6-7H,1-5H2;3*2H,1H2,(H,4,5). The van der Waals surface area contributed by atoms with Crippen molar-refractivity contribution < 1.29 is 39.9 Å². The Kier molecular flexibility index (Phi) is 34.1. The van der Waals surface area contributed by atoms with Crippen molar-refractivity contribution in [1.82, 2.24) is 0 Å². The maximum Gasteiger partial charge on any atom is 0.327 e. The summed E-state index contributed by atoms with van der Waals surface area (Å²) in [5.74, 6) is -2.94. The number of unbranched alkanes of at least 4 members (excludes halogenated alkanes) is 2. The molecule has 0 atom stereocenters. The molecule has 0 fully saturated rings. The summed E-state index contributed by atoms with van der Waals surface area (Å²) in [7, 11) is 0. The van der Waals surface area contributed by atoms with E-state index in [0.717, 1.165) is 37.5 Å². The Bertz CT molecular complexity index is 276. The van der Waals surface area contributed by atoms with E-state index in [1.54, 1.807) is 0 Å². The predicted molar refractivity (Wildman–Crippen MR) is 81.5 cm³/mol. The van der Waals surface area contributed by atoms with Gasteiger partial charge in [-0.1, -0.05) is 19.7 Å².